The highest BCUT2D eigenvalue weighted by molar-refractivity contribution is 5.95. The minimum Gasteiger partial charge on any atom is -0.327 e. The van der Waals surface area contributed by atoms with Gasteiger partial charge in [0.15, 0.2) is 5.82 Å². The maximum atomic E-state index is 13.3. The highest BCUT2D eigenvalue weighted by Crippen LogP contribution is 2.34. The molecule has 1 unspecified atom stereocenters. The van der Waals surface area contributed by atoms with Crippen LogP contribution in [0.2, 0.25) is 0 Å². The van der Waals surface area contributed by atoms with Crippen molar-refractivity contribution in [3.63, 3.8) is 0 Å². The number of piperidine rings is 1. The molecule has 170 valence electrons. The van der Waals surface area contributed by atoms with Crippen molar-refractivity contribution >= 4 is 17.6 Å². The summed E-state index contributed by atoms with van der Waals surface area (Å²) in [6.45, 7) is 7.30. The van der Waals surface area contributed by atoms with E-state index in [-0.39, 0.29) is 29.1 Å². The lowest BCUT2D eigenvalue weighted by atomic mass is 9.98. The second-order valence-electron chi connectivity index (χ2n) is 9.06. The second kappa shape index (κ2) is 8.80. The molecule has 2 aromatic rings. The number of anilines is 1. The molecule has 0 aliphatic carbocycles. The van der Waals surface area contributed by atoms with Crippen molar-refractivity contribution in [3.8, 4) is 0 Å². The van der Waals surface area contributed by atoms with Crippen molar-refractivity contribution < 1.29 is 9.59 Å². The fourth-order valence-corrected chi connectivity index (χ4v) is 4.51. The third-order valence-corrected chi connectivity index (χ3v) is 6.14. The van der Waals surface area contributed by atoms with Crippen LogP contribution in [0.1, 0.15) is 73.1 Å². The van der Waals surface area contributed by atoms with Gasteiger partial charge in [-0.15, -0.1) is 0 Å². The van der Waals surface area contributed by atoms with Crippen LogP contribution in [-0.4, -0.2) is 49.6 Å². The summed E-state index contributed by atoms with van der Waals surface area (Å²) in [4.78, 5) is 50.9. The molecule has 2 aromatic heterocycles. The van der Waals surface area contributed by atoms with Gasteiger partial charge in [-0.2, -0.15) is 5.10 Å². The Balaban J connectivity index is 1.72. The first-order chi connectivity index (χ1) is 15.3. The van der Waals surface area contributed by atoms with Crippen LogP contribution in [0, 0.1) is 12.8 Å². The molecule has 0 N–H and O–H groups in total. The van der Waals surface area contributed by atoms with Gasteiger partial charge in [0.05, 0.1) is 6.04 Å². The summed E-state index contributed by atoms with van der Waals surface area (Å²) in [7, 11) is 1.53. The molecular formula is C23H30N6O3. The molecule has 2 aliphatic rings. The van der Waals surface area contributed by atoms with Gasteiger partial charge in [-0.3, -0.25) is 19.3 Å². The average Bonchev–Trinajstić information content (AvgIpc) is 2.77. The Morgan fingerprint density at radius 2 is 1.94 bits per heavy atom. The highest BCUT2D eigenvalue weighted by atomic mass is 16.2. The summed E-state index contributed by atoms with van der Waals surface area (Å²) in [5.41, 5.74) is 1.84. The number of fused-ring (bicyclic) bond motifs is 1. The molecule has 2 aliphatic heterocycles. The second-order valence-corrected chi connectivity index (χ2v) is 9.06. The van der Waals surface area contributed by atoms with E-state index in [0.717, 1.165) is 30.5 Å². The van der Waals surface area contributed by atoms with Gasteiger partial charge in [0.25, 0.3) is 11.5 Å². The fourth-order valence-electron chi connectivity index (χ4n) is 4.51. The SMILES string of the molecule is Cc1nc(C2CCCCN2C(=O)c2ccc(=O)n(C)n2)nc2c1CCC(=O)N2CC(C)C. The summed E-state index contributed by atoms with van der Waals surface area (Å²) in [5, 5.41) is 4.14. The molecule has 32 heavy (non-hydrogen) atoms. The van der Waals surface area contributed by atoms with E-state index in [4.69, 9.17) is 9.97 Å². The molecule has 0 bridgehead atoms. The van der Waals surface area contributed by atoms with Gasteiger partial charge in [0.2, 0.25) is 5.91 Å². The normalized spacial score (nSPS) is 18.8. The van der Waals surface area contributed by atoms with Crippen molar-refractivity contribution in [2.75, 3.05) is 18.0 Å². The van der Waals surface area contributed by atoms with Crippen molar-refractivity contribution in [3.05, 3.63) is 45.3 Å². The van der Waals surface area contributed by atoms with Crippen LogP contribution in [0.15, 0.2) is 16.9 Å². The van der Waals surface area contributed by atoms with E-state index in [1.54, 1.807) is 9.80 Å². The van der Waals surface area contributed by atoms with Crippen LogP contribution in [-0.2, 0) is 18.3 Å². The largest absolute Gasteiger partial charge is 0.327 e. The van der Waals surface area contributed by atoms with E-state index >= 15 is 0 Å². The zero-order chi connectivity index (χ0) is 23.0. The molecule has 0 spiro atoms. The Kier molecular flexibility index (Phi) is 6.08. The number of aryl methyl sites for hydroxylation is 2. The highest BCUT2D eigenvalue weighted by Gasteiger charge is 2.34. The van der Waals surface area contributed by atoms with Gasteiger partial charge in [0.1, 0.15) is 11.5 Å². The molecular weight excluding hydrogens is 408 g/mol. The molecule has 0 radical (unpaired) electrons. The van der Waals surface area contributed by atoms with E-state index in [2.05, 4.69) is 18.9 Å². The van der Waals surface area contributed by atoms with Crippen LogP contribution in [0.25, 0.3) is 0 Å². The number of likely N-dealkylation sites (tertiary alicyclic amines) is 1. The lowest BCUT2D eigenvalue weighted by Crippen LogP contribution is -2.42. The van der Waals surface area contributed by atoms with Gasteiger partial charge in [-0.25, -0.2) is 14.6 Å². The zero-order valence-corrected chi connectivity index (χ0v) is 19.2. The molecule has 9 nitrogen and oxygen atoms in total. The lowest BCUT2D eigenvalue weighted by Gasteiger charge is -2.36. The van der Waals surface area contributed by atoms with E-state index in [0.29, 0.717) is 43.5 Å². The smallest absolute Gasteiger partial charge is 0.274 e. The minimum absolute atomic E-state index is 0.0845. The quantitative estimate of drug-likeness (QED) is 0.725. The topological polar surface area (TPSA) is 101 Å². The zero-order valence-electron chi connectivity index (χ0n) is 19.2. The summed E-state index contributed by atoms with van der Waals surface area (Å²) in [6, 6.07) is 2.53. The van der Waals surface area contributed by atoms with Gasteiger partial charge < -0.3 is 4.90 Å². The Morgan fingerprint density at radius 1 is 1.16 bits per heavy atom. The lowest BCUT2D eigenvalue weighted by molar-refractivity contribution is -0.119. The Labute approximate surface area is 187 Å². The van der Waals surface area contributed by atoms with Crippen molar-refractivity contribution in [2.24, 2.45) is 13.0 Å². The summed E-state index contributed by atoms with van der Waals surface area (Å²) in [5.74, 6) is 1.42. The van der Waals surface area contributed by atoms with Crippen molar-refractivity contribution in [1.82, 2.24) is 24.6 Å². The van der Waals surface area contributed by atoms with Gasteiger partial charge >= 0.3 is 0 Å². The molecule has 0 saturated carbocycles. The predicted octanol–water partition coefficient (Wildman–Crippen LogP) is 2.18. The molecule has 9 heteroatoms. The summed E-state index contributed by atoms with van der Waals surface area (Å²) < 4.78 is 1.17. The maximum Gasteiger partial charge on any atom is 0.274 e. The first-order valence-corrected chi connectivity index (χ1v) is 11.3. The van der Waals surface area contributed by atoms with E-state index in [1.165, 1.54) is 23.9 Å². The van der Waals surface area contributed by atoms with E-state index < -0.39 is 0 Å². The Hall–Kier alpha value is -3.10. The number of hydrogen-bond donors (Lipinski definition) is 0. The Morgan fingerprint density at radius 3 is 2.66 bits per heavy atom. The van der Waals surface area contributed by atoms with E-state index in [1.807, 2.05) is 6.92 Å². The molecule has 0 aromatic carbocycles. The first kappa shape index (κ1) is 22.1. The summed E-state index contributed by atoms with van der Waals surface area (Å²) >= 11 is 0. The third kappa shape index (κ3) is 4.16. The van der Waals surface area contributed by atoms with Gasteiger partial charge in [-0.1, -0.05) is 13.8 Å². The van der Waals surface area contributed by atoms with Crippen LogP contribution in [0.3, 0.4) is 0 Å². The number of rotatable bonds is 4. The van der Waals surface area contributed by atoms with Crippen LogP contribution in [0.4, 0.5) is 5.82 Å². The molecule has 2 amide bonds. The molecule has 4 heterocycles. The number of aromatic nitrogens is 4. The maximum absolute atomic E-state index is 13.3. The average molecular weight is 439 g/mol. The fraction of sp³-hybridized carbons (Fsp3) is 0.565. The number of nitrogens with zero attached hydrogens (tertiary/aromatic N) is 6. The first-order valence-electron chi connectivity index (χ1n) is 11.3. The molecule has 1 saturated heterocycles. The monoisotopic (exact) mass is 438 g/mol. The minimum atomic E-state index is -0.294. The predicted molar refractivity (Wildman–Crippen MR) is 119 cm³/mol. The number of hydrogen-bond acceptors (Lipinski definition) is 6. The third-order valence-electron chi connectivity index (χ3n) is 6.14. The van der Waals surface area contributed by atoms with Gasteiger partial charge in [-0.05, 0) is 44.6 Å². The van der Waals surface area contributed by atoms with Crippen LogP contribution < -0.4 is 10.5 Å². The standard InChI is InChI=1S/C23H30N6O3/c1-14(2)13-29-20(31)10-8-16-15(3)24-21(25-22(16)29)18-7-5-6-12-28(18)23(32)17-9-11-19(30)27(4)26-17/h9,11,14,18H,5-8,10,12-13H2,1-4H3. The summed E-state index contributed by atoms with van der Waals surface area (Å²) in [6.07, 6.45) is 3.70. The molecule has 4 rings (SSSR count). The molecule has 1 atom stereocenters. The van der Waals surface area contributed by atoms with Gasteiger partial charge in [0, 0.05) is 43.9 Å². The van der Waals surface area contributed by atoms with Crippen molar-refractivity contribution in [1.29, 1.82) is 0 Å². The number of carbonyl (C=O) groups is 2. The molecule has 1 fully saturated rings. The number of carbonyl (C=O) groups excluding carboxylic acids is 2. The number of amides is 2. The van der Waals surface area contributed by atoms with Crippen LogP contribution >= 0.6 is 0 Å². The Bertz CT molecular complexity index is 1110. The van der Waals surface area contributed by atoms with Crippen LogP contribution in [0.5, 0.6) is 0 Å². The van der Waals surface area contributed by atoms with Crippen molar-refractivity contribution in [2.45, 2.75) is 58.9 Å². The van der Waals surface area contributed by atoms with E-state index in [9.17, 15) is 14.4 Å².